The van der Waals surface area contributed by atoms with Gasteiger partial charge in [-0.1, -0.05) is 47.8 Å². The lowest BCUT2D eigenvalue weighted by Crippen LogP contribution is -2.10. The predicted molar refractivity (Wildman–Crippen MR) is 90.4 cm³/mol. The van der Waals surface area contributed by atoms with E-state index >= 15 is 0 Å². The van der Waals surface area contributed by atoms with Gasteiger partial charge in [0.05, 0.1) is 10.7 Å². The first-order chi connectivity index (χ1) is 9.63. The van der Waals surface area contributed by atoms with E-state index in [9.17, 15) is 0 Å². The molecule has 106 valence electrons. The Bertz CT molecular complexity index is 580. The maximum Gasteiger partial charge on any atom is 0.0966 e. The summed E-state index contributed by atoms with van der Waals surface area (Å²) in [6.07, 6.45) is 5.34. The molecule has 1 saturated carbocycles. The van der Waals surface area contributed by atoms with Gasteiger partial charge in [-0.05, 0) is 37.8 Å². The molecule has 0 N–H and O–H groups in total. The highest BCUT2D eigenvalue weighted by molar-refractivity contribution is 9.10. The molecule has 1 aliphatic rings. The minimum Gasteiger partial charge on any atom is -0.241 e. The first-order valence-corrected chi connectivity index (χ1v) is 8.97. The molecule has 2 aromatic rings. The fraction of sp³-hybridized carbons (Fsp3) is 0.471. The molecule has 0 atom stereocenters. The van der Waals surface area contributed by atoms with Crippen molar-refractivity contribution in [3.05, 3.63) is 38.6 Å². The minimum absolute atomic E-state index is 0.694. The molecule has 0 radical (unpaired) electrons. The molecule has 1 aliphatic carbocycles. The van der Waals surface area contributed by atoms with E-state index in [0.717, 1.165) is 10.4 Å². The van der Waals surface area contributed by atoms with Crippen molar-refractivity contribution in [2.45, 2.75) is 45.4 Å². The summed E-state index contributed by atoms with van der Waals surface area (Å²) in [6.45, 7) is 4.57. The molecule has 1 fully saturated rings. The maximum atomic E-state index is 4.96. The Hall–Kier alpha value is -0.670. The second-order valence-electron chi connectivity index (χ2n) is 5.92. The third-order valence-corrected chi connectivity index (χ3v) is 5.96. The number of aromatic nitrogens is 1. The molecule has 1 heterocycles. The molecule has 0 spiro atoms. The molecular weight excluding hydrogens is 330 g/mol. The Morgan fingerprint density at radius 1 is 1.10 bits per heavy atom. The van der Waals surface area contributed by atoms with Crippen LogP contribution in [0.4, 0.5) is 0 Å². The summed E-state index contributed by atoms with van der Waals surface area (Å²) in [4.78, 5) is 6.31. The molecule has 1 nitrogen and oxygen atoms in total. The van der Waals surface area contributed by atoms with Crippen molar-refractivity contribution >= 4 is 27.3 Å². The molecule has 1 aromatic carbocycles. The number of hydrogen-bond donors (Lipinski definition) is 0. The van der Waals surface area contributed by atoms with Crippen LogP contribution in [0.5, 0.6) is 0 Å². The summed E-state index contributed by atoms with van der Waals surface area (Å²) in [7, 11) is 0. The molecule has 3 rings (SSSR count). The minimum atomic E-state index is 0.694. The number of benzene rings is 1. The molecule has 0 saturated heterocycles. The van der Waals surface area contributed by atoms with Gasteiger partial charge in [-0.15, -0.1) is 11.3 Å². The van der Waals surface area contributed by atoms with E-state index in [2.05, 4.69) is 54.0 Å². The Morgan fingerprint density at radius 3 is 2.40 bits per heavy atom. The van der Waals surface area contributed by atoms with Crippen LogP contribution < -0.4 is 0 Å². The van der Waals surface area contributed by atoms with Crippen LogP contribution in [-0.4, -0.2) is 4.98 Å². The number of nitrogens with zero attached hydrogens (tertiary/aromatic N) is 1. The van der Waals surface area contributed by atoms with Gasteiger partial charge >= 0.3 is 0 Å². The highest BCUT2D eigenvalue weighted by Crippen LogP contribution is 2.39. The molecule has 3 heteroatoms. The standard InChI is InChI=1S/C17H20BrNS/c1-11-3-5-14(6-4-11)17-19-16(12(2)20-17)13-7-9-15(18)10-8-13/h7-11,14H,3-6H2,1-2H3. The largest absolute Gasteiger partial charge is 0.241 e. The number of thiazole rings is 1. The van der Waals surface area contributed by atoms with E-state index in [4.69, 9.17) is 4.98 Å². The van der Waals surface area contributed by atoms with E-state index in [1.54, 1.807) is 0 Å². The lowest BCUT2D eigenvalue weighted by atomic mass is 9.83. The average molecular weight is 350 g/mol. The van der Waals surface area contributed by atoms with Crippen LogP contribution in [-0.2, 0) is 0 Å². The Morgan fingerprint density at radius 2 is 1.75 bits per heavy atom. The predicted octanol–water partition coefficient (Wildman–Crippen LogP) is 6.17. The van der Waals surface area contributed by atoms with E-state index in [1.807, 2.05) is 11.3 Å². The lowest BCUT2D eigenvalue weighted by Gasteiger charge is -2.24. The van der Waals surface area contributed by atoms with Crippen LogP contribution in [0.25, 0.3) is 11.3 Å². The van der Waals surface area contributed by atoms with Crippen molar-refractivity contribution in [2.24, 2.45) is 5.92 Å². The van der Waals surface area contributed by atoms with Gasteiger partial charge in [-0.25, -0.2) is 4.98 Å². The quantitative estimate of drug-likeness (QED) is 0.631. The van der Waals surface area contributed by atoms with Crippen molar-refractivity contribution < 1.29 is 0 Å². The topological polar surface area (TPSA) is 12.9 Å². The summed E-state index contributed by atoms with van der Waals surface area (Å²) in [6, 6.07) is 8.49. The van der Waals surface area contributed by atoms with Crippen molar-refractivity contribution in [3.8, 4) is 11.3 Å². The van der Waals surface area contributed by atoms with Crippen LogP contribution in [0.1, 0.15) is 48.4 Å². The summed E-state index contributed by atoms with van der Waals surface area (Å²) in [5, 5.41) is 1.35. The zero-order valence-corrected chi connectivity index (χ0v) is 14.4. The average Bonchev–Trinajstić information content (AvgIpc) is 2.82. The SMILES string of the molecule is Cc1sc(C2CCC(C)CC2)nc1-c1ccc(Br)cc1. The first kappa shape index (κ1) is 14.3. The third kappa shape index (κ3) is 2.99. The maximum absolute atomic E-state index is 4.96. The summed E-state index contributed by atoms with van der Waals surface area (Å²) in [5.74, 6) is 1.59. The Balaban J connectivity index is 1.85. The lowest BCUT2D eigenvalue weighted by molar-refractivity contribution is 0.347. The van der Waals surface area contributed by atoms with Gasteiger partial charge in [0.2, 0.25) is 0 Å². The number of halogens is 1. The summed E-state index contributed by atoms with van der Waals surface area (Å²) in [5.41, 5.74) is 2.41. The molecule has 20 heavy (non-hydrogen) atoms. The number of hydrogen-bond acceptors (Lipinski definition) is 2. The van der Waals surface area contributed by atoms with Crippen LogP contribution >= 0.6 is 27.3 Å². The van der Waals surface area contributed by atoms with Gasteiger partial charge < -0.3 is 0 Å². The molecular formula is C17H20BrNS. The first-order valence-electron chi connectivity index (χ1n) is 7.36. The Labute approximate surface area is 133 Å². The second kappa shape index (κ2) is 5.98. The van der Waals surface area contributed by atoms with Crippen molar-refractivity contribution in [1.29, 1.82) is 0 Å². The van der Waals surface area contributed by atoms with Gasteiger partial charge in [-0.3, -0.25) is 0 Å². The summed E-state index contributed by atoms with van der Waals surface area (Å²) < 4.78 is 1.12. The fourth-order valence-corrected chi connectivity index (χ4v) is 4.35. The zero-order valence-electron chi connectivity index (χ0n) is 12.0. The zero-order chi connectivity index (χ0) is 14.1. The van der Waals surface area contributed by atoms with Gasteiger partial charge in [0, 0.05) is 20.8 Å². The number of rotatable bonds is 2. The van der Waals surface area contributed by atoms with Crippen molar-refractivity contribution in [1.82, 2.24) is 4.98 Å². The molecule has 0 amide bonds. The smallest absolute Gasteiger partial charge is 0.0966 e. The number of aryl methyl sites for hydroxylation is 1. The van der Waals surface area contributed by atoms with Crippen LogP contribution in [0.3, 0.4) is 0 Å². The van der Waals surface area contributed by atoms with Crippen molar-refractivity contribution in [3.63, 3.8) is 0 Å². The fourth-order valence-electron chi connectivity index (χ4n) is 2.97. The van der Waals surface area contributed by atoms with E-state index in [-0.39, 0.29) is 0 Å². The monoisotopic (exact) mass is 349 g/mol. The van der Waals surface area contributed by atoms with Crippen LogP contribution in [0, 0.1) is 12.8 Å². The molecule has 0 aliphatic heterocycles. The van der Waals surface area contributed by atoms with Gasteiger partial charge in [-0.2, -0.15) is 0 Å². The van der Waals surface area contributed by atoms with Crippen LogP contribution in [0.15, 0.2) is 28.7 Å². The van der Waals surface area contributed by atoms with E-state index in [0.29, 0.717) is 5.92 Å². The van der Waals surface area contributed by atoms with E-state index < -0.39 is 0 Å². The molecule has 0 unspecified atom stereocenters. The van der Waals surface area contributed by atoms with Gasteiger partial charge in [0.25, 0.3) is 0 Å². The highest BCUT2D eigenvalue weighted by atomic mass is 79.9. The summed E-state index contributed by atoms with van der Waals surface area (Å²) >= 11 is 5.39. The molecule has 0 bridgehead atoms. The van der Waals surface area contributed by atoms with Gasteiger partial charge in [0.1, 0.15) is 0 Å². The third-order valence-electron chi connectivity index (χ3n) is 4.30. The normalized spacial score (nSPS) is 22.9. The van der Waals surface area contributed by atoms with E-state index in [1.165, 1.54) is 46.8 Å². The van der Waals surface area contributed by atoms with Crippen molar-refractivity contribution in [2.75, 3.05) is 0 Å². The van der Waals surface area contributed by atoms with Crippen LogP contribution in [0.2, 0.25) is 0 Å². The highest BCUT2D eigenvalue weighted by Gasteiger charge is 2.23. The molecule has 1 aromatic heterocycles. The second-order valence-corrected chi connectivity index (χ2v) is 8.07. The Kier molecular flexibility index (Phi) is 4.27. The van der Waals surface area contributed by atoms with Gasteiger partial charge in [0.15, 0.2) is 0 Å².